The average Bonchev–Trinajstić information content (AvgIpc) is 2.32. The molecule has 0 bridgehead atoms. The first-order chi connectivity index (χ1) is 8.10. The van der Waals surface area contributed by atoms with Gasteiger partial charge in [-0.1, -0.05) is 20.3 Å². The molecule has 0 aromatic heterocycles. The van der Waals surface area contributed by atoms with Crippen LogP contribution in [0.15, 0.2) is 0 Å². The molecule has 17 heavy (non-hydrogen) atoms. The third-order valence-corrected chi connectivity index (χ3v) is 2.52. The molecule has 0 aromatic carbocycles. The zero-order chi connectivity index (χ0) is 13.1. The van der Waals surface area contributed by atoms with E-state index in [4.69, 9.17) is 9.47 Å². The normalized spacial score (nSPS) is 14.4. The highest BCUT2D eigenvalue weighted by molar-refractivity contribution is 5.80. The van der Waals surface area contributed by atoms with Gasteiger partial charge in [-0.25, -0.2) is 4.79 Å². The minimum atomic E-state index is -0.722. The average molecular weight is 245 g/mol. The first-order valence-electron chi connectivity index (χ1n) is 6.60. The van der Waals surface area contributed by atoms with Gasteiger partial charge in [-0.3, -0.25) is 0 Å². The first-order valence-corrected chi connectivity index (χ1v) is 6.60. The Labute approximate surface area is 105 Å². The molecule has 0 fully saturated rings. The Morgan fingerprint density at radius 2 is 1.94 bits per heavy atom. The van der Waals surface area contributed by atoms with Crippen molar-refractivity contribution in [3.63, 3.8) is 0 Å². The topological polar surface area (TPSA) is 47.6 Å². The summed E-state index contributed by atoms with van der Waals surface area (Å²) in [5.74, 6) is -0.232. The van der Waals surface area contributed by atoms with Gasteiger partial charge in [-0.2, -0.15) is 0 Å². The molecule has 1 unspecified atom stereocenters. The number of hydrogen-bond donors (Lipinski definition) is 1. The van der Waals surface area contributed by atoms with Crippen LogP contribution in [0.3, 0.4) is 0 Å². The molecule has 0 rings (SSSR count). The van der Waals surface area contributed by atoms with Gasteiger partial charge in [-0.15, -0.1) is 0 Å². The summed E-state index contributed by atoms with van der Waals surface area (Å²) < 4.78 is 10.6. The SMILES string of the molecule is CCCCOCC(C)(NCCC)C(=O)OCC. The number of rotatable bonds is 10. The van der Waals surface area contributed by atoms with E-state index >= 15 is 0 Å². The summed E-state index contributed by atoms with van der Waals surface area (Å²) in [5, 5.41) is 3.21. The molecule has 0 aliphatic heterocycles. The Morgan fingerprint density at radius 1 is 1.24 bits per heavy atom. The van der Waals surface area contributed by atoms with E-state index in [2.05, 4.69) is 19.2 Å². The van der Waals surface area contributed by atoms with E-state index in [9.17, 15) is 4.79 Å². The van der Waals surface area contributed by atoms with Crippen molar-refractivity contribution in [2.75, 3.05) is 26.4 Å². The highest BCUT2D eigenvalue weighted by atomic mass is 16.5. The molecule has 0 aromatic rings. The van der Waals surface area contributed by atoms with E-state index in [0.29, 0.717) is 19.8 Å². The lowest BCUT2D eigenvalue weighted by molar-refractivity contribution is -0.153. The van der Waals surface area contributed by atoms with Crippen LogP contribution in [-0.2, 0) is 14.3 Å². The lowest BCUT2D eigenvalue weighted by atomic mass is 10.0. The van der Waals surface area contributed by atoms with E-state index < -0.39 is 5.54 Å². The third-order valence-electron chi connectivity index (χ3n) is 2.52. The summed E-state index contributed by atoms with van der Waals surface area (Å²) >= 11 is 0. The number of nitrogens with one attached hydrogen (secondary N) is 1. The third kappa shape index (κ3) is 6.64. The second-order valence-corrected chi connectivity index (χ2v) is 4.39. The Hall–Kier alpha value is -0.610. The van der Waals surface area contributed by atoms with Crippen molar-refractivity contribution in [3.05, 3.63) is 0 Å². The quantitative estimate of drug-likeness (QED) is 0.473. The lowest BCUT2D eigenvalue weighted by Gasteiger charge is -2.28. The van der Waals surface area contributed by atoms with Crippen LogP contribution >= 0.6 is 0 Å². The maximum absolute atomic E-state index is 11.9. The molecule has 1 atom stereocenters. The van der Waals surface area contributed by atoms with Gasteiger partial charge in [0.15, 0.2) is 0 Å². The second kappa shape index (κ2) is 9.42. The molecule has 0 amide bonds. The molecule has 102 valence electrons. The predicted molar refractivity (Wildman–Crippen MR) is 69.1 cm³/mol. The van der Waals surface area contributed by atoms with Gasteiger partial charge in [0.25, 0.3) is 0 Å². The smallest absolute Gasteiger partial charge is 0.328 e. The number of hydrogen-bond acceptors (Lipinski definition) is 4. The van der Waals surface area contributed by atoms with Crippen LogP contribution < -0.4 is 5.32 Å². The molecular weight excluding hydrogens is 218 g/mol. The van der Waals surface area contributed by atoms with Crippen molar-refractivity contribution < 1.29 is 14.3 Å². The van der Waals surface area contributed by atoms with Gasteiger partial charge in [-0.05, 0) is 33.2 Å². The maximum Gasteiger partial charge on any atom is 0.328 e. The van der Waals surface area contributed by atoms with Crippen LogP contribution in [0.25, 0.3) is 0 Å². The summed E-state index contributed by atoms with van der Waals surface area (Å²) in [4.78, 5) is 11.9. The largest absolute Gasteiger partial charge is 0.465 e. The fourth-order valence-corrected chi connectivity index (χ4v) is 1.40. The molecular formula is C13H27NO3. The zero-order valence-electron chi connectivity index (χ0n) is 11.7. The summed E-state index contributed by atoms with van der Waals surface area (Å²) in [6, 6.07) is 0. The number of unbranched alkanes of at least 4 members (excludes halogenated alkanes) is 1. The summed E-state index contributed by atoms with van der Waals surface area (Å²) in [7, 11) is 0. The standard InChI is InChI=1S/C13H27NO3/c1-5-8-10-16-11-13(4,14-9-6-2)12(15)17-7-3/h14H,5-11H2,1-4H3. The fraction of sp³-hybridized carbons (Fsp3) is 0.923. The molecule has 4 heteroatoms. The van der Waals surface area contributed by atoms with Crippen molar-refractivity contribution >= 4 is 5.97 Å². The summed E-state index contributed by atoms with van der Waals surface area (Å²) in [5.41, 5.74) is -0.722. The van der Waals surface area contributed by atoms with Crippen molar-refractivity contribution in [2.45, 2.75) is 52.5 Å². The van der Waals surface area contributed by atoms with Crippen molar-refractivity contribution in [1.82, 2.24) is 5.32 Å². The lowest BCUT2D eigenvalue weighted by Crippen LogP contribution is -2.54. The van der Waals surface area contributed by atoms with Crippen LogP contribution in [0.5, 0.6) is 0 Å². The van der Waals surface area contributed by atoms with Crippen LogP contribution in [0.1, 0.15) is 47.0 Å². The number of ether oxygens (including phenoxy) is 2. The summed E-state index contributed by atoms with van der Waals surface area (Å²) in [6.45, 7) is 10.1. The molecule has 0 radical (unpaired) electrons. The molecule has 0 aliphatic rings. The van der Waals surface area contributed by atoms with Crippen LogP contribution in [0.2, 0.25) is 0 Å². The van der Waals surface area contributed by atoms with Gasteiger partial charge >= 0.3 is 5.97 Å². The highest BCUT2D eigenvalue weighted by Crippen LogP contribution is 2.08. The first kappa shape index (κ1) is 16.4. The van der Waals surface area contributed by atoms with E-state index in [1.54, 1.807) is 0 Å². The number of esters is 1. The minimum absolute atomic E-state index is 0.232. The van der Waals surface area contributed by atoms with Gasteiger partial charge in [0.05, 0.1) is 13.2 Å². The maximum atomic E-state index is 11.9. The molecule has 4 nitrogen and oxygen atoms in total. The Bertz CT molecular complexity index is 209. The van der Waals surface area contributed by atoms with Crippen molar-refractivity contribution in [1.29, 1.82) is 0 Å². The second-order valence-electron chi connectivity index (χ2n) is 4.39. The number of carbonyl (C=O) groups excluding carboxylic acids is 1. The Balaban J connectivity index is 4.22. The Kier molecular flexibility index (Phi) is 9.09. The van der Waals surface area contributed by atoms with E-state index in [1.165, 1.54) is 0 Å². The molecule has 0 saturated carbocycles. The Morgan fingerprint density at radius 3 is 2.47 bits per heavy atom. The van der Waals surface area contributed by atoms with Crippen LogP contribution in [-0.4, -0.2) is 37.9 Å². The molecule has 0 saturated heterocycles. The van der Waals surface area contributed by atoms with Crippen molar-refractivity contribution in [2.24, 2.45) is 0 Å². The minimum Gasteiger partial charge on any atom is -0.465 e. The fourth-order valence-electron chi connectivity index (χ4n) is 1.40. The van der Waals surface area contributed by atoms with E-state index in [0.717, 1.165) is 25.8 Å². The van der Waals surface area contributed by atoms with Gasteiger partial charge in [0.1, 0.15) is 5.54 Å². The van der Waals surface area contributed by atoms with Crippen LogP contribution in [0, 0.1) is 0 Å². The zero-order valence-corrected chi connectivity index (χ0v) is 11.7. The molecule has 0 spiro atoms. The van der Waals surface area contributed by atoms with E-state index in [1.807, 2.05) is 13.8 Å². The monoisotopic (exact) mass is 245 g/mol. The number of carbonyl (C=O) groups is 1. The van der Waals surface area contributed by atoms with Crippen molar-refractivity contribution in [3.8, 4) is 0 Å². The molecule has 1 N–H and O–H groups in total. The van der Waals surface area contributed by atoms with Gasteiger partial charge in [0.2, 0.25) is 0 Å². The predicted octanol–water partition coefficient (Wildman–Crippen LogP) is 2.12. The molecule has 0 aliphatic carbocycles. The highest BCUT2D eigenvalue weighted by Gasteiger charge is 2.34. The summed E-state index contributed by atoms with van der Waals surface area (Å²) in [6.07, 6.45) is 3.09. The molecule has 0 heterocycles. The van der Waals surface area contributed by atoms with Gasteiger partial charge in [0, 0.05) is 6.61 Å². The van der Waals surface area contributed by atoms with Crippen LogP contribution in [0.4, 0.5) is 0 Å². The van der Waals surface area contributed by atoms with Gasteiger partial charge < -0.3 is 14.8 Å². The van der Waals surface area contributed by atoms with E-state index in [-0.39, 0.29) is 5.97 Å².